The molecule has 0 spiro atoms. The number of nitrogens with zero attached hydrogens (tertiary/aromatic N) is 3. The molecule has 3 fully saturated rings. The number of methoxy groups -OCH3 is 1. The van der Waals surface area contributed by atoms with Crippen LogP contribution in [0.4, 0.5) is 18.0 Å². The van der Waals surface area contributed by atoms with Crippen LogP contribution in [0.3, 0.4) is 0 Å². The second kappa shape index (κ2) is 17.0. The molecule has 63 heavy (non-hydrogen) atoms. The van der Waals surface area contributed by atoms with Crippen molar-refractivity contribution < 1.29 is 60.1 Å². The molecule has 2 saturated carbocycles. The molecule has 2 aliphatic carbocycles. The van der Waals surface area contributed by atoms with Crippen LogP contribution in [-0.4, -0.2) is 119 Å². The van der Waals surface area contributed by atoms with Crippen molar-refractivity contribution in [1.82, 2.24) is 24.8 Å². The Bertz CT molecular complexity index is 2280. The molecule has 3 N–H and O–H groups in total. The summed E-state index contributed by atoms with van der Waals surface area (Å²) >= 11 is 0. The molecule has 15 nitrogen and oxygen atoms in total. The van der Waals surface area contributed by atoms with Crippen LogP contribution in [0, 0.1) is 17.8 Å². The zero-order valence-corrected chi connectivity index (χ0v) is 37.4. The van der Waals surface area contributed by atoms with Crippen LogP contribution in [-0.2, 0) is 30.8 Å². The highest BCUT2D eigenvalue weighted by Gasteiger charge is 2.64. The van der Waals surface area contributed by atoms with Crippen molar-refractivity contribution in [2.24, 2.45) is 17.8 Å². The van der Waals surface area contributed by atoms with Crippen molar-refractivity contribution in [1.29, 1.82) is 0 Å². The number of carboxylic acid groups (broad SMARTS) is 1. The standard InChI is InChI=1S/C44H58F3N5O10S/c1-7-26-19-25(2)11-8-9-12-27-22-44(27,39(55)50-63(58,59)43(24-45)16-17-43)49-35(53)33-21-29(23-51(33)38(54)34(26)52(40(56)57)41(3,4)42(5,46)47)62-37-31-15-14-28(60-6)20-32(31)30-13-10-18-61-36(30)48-37/h9,12,14-15,20,25-27,29,33-34H,7-8,10-11,13,16-19,21-24H2,1-6H3,(H,49,53)(H,50,55)(H,56,57)/b12-9-/t25-,26-,27-,29-,33+,34+,44-/m1/s1. The monoisotopic (exact) mass is 905 g/mol. The number of pyridine rings is 1. The molecule has 4 heterocycles. The summed E-state index contributed by atoms with van der Waals surface area (Å²) in [6.07, 6.45) is 3.58. The number of sulfonamides is 1. The SMILES string of the molecule is CC[C@@H]1C[C@H](C)CC/C=C\[C@@H]2C[C@@]2(C(=O)NS(=O)(=O)C2(CF)CC2)NC(=O)[C@@H]2C[C@@H](Oc3nc4c(c5cc(OC)ccc35)CCCO4)CN2C(=O)[C@H]1N(C(=O)O)C(C)(C)C(C)(F)F. The average Bonchev–Trinajstić information content (AvgIpc) is 4.14. The number of aryl methyl sites for hydroxylation is 1. The Morgan fingerprint density at radius 2 is 1.89 bits per heavy atom. The second-order valence-corrected chi connectivity index (χ2v) is 20.7. The topological polar surface area (TPSA) is 194 Å². The molecule has 346 valence electrons. The number of fused-ring (bicyclic) bond motifs is 5. The molecule has 7 atom stereocenters. The summed E-state index contributed by atoms with van der Waals surface area (Å²) in [5.74, 6) is -7.00. The fourth-order valence-electron chi connectivity index (χ4n) is 9.45. The van der Waals surface area contributed by atoms with Gasteiger partial charge in [-0.3, -0.25) is 24.0 Å². The molecule has 0 bridgehead atoms. The van der Waals surface area contributed by atoms with E-state index < -0.39 is 92.3 Å². The van der Waals surface area contributed by atoms with Gasteiger partial charge in [0.05, 0.1) is 20.3 Å². The summed E-state index contributed by atoms with van der Waals surface area (Å²) in [4.78, 5) is 64.0. The minimum atomic E-state index is -4.49. The fourth-order valence-corrected chi connectivity index (χ4v) is 10.9. The number of rotatable bonds is 11. The van der Waals surface area contributed by atoms with Crippen LogP contribution >= 0.6 is 0 Å². The maximum Gasteiger partial charge on any atom is 0.408 e. The molecule has 1 aromatic carbocycles. The highest BCUT2D eigenvalue weighted by atomic mass is 32.2. The number of allylic oxidation sites excluding steroid dienone is 1. The van der Waals surface area contributed by atoms with Gasteiger partial charge in [-0.05, 0) is 101 Å². The summed E-state index contributed by atoms with van der Waals surface area (Å²) in [5.41, 5.74) is -3.36. The normalized spacial score (nSPS) is 29.1. The summed E-state index contributed by atoms with van der Waals surface area (Å²) in [6.45, 7) is 5.29. The molecule has 1 saturated heterocycles. The van der Waals surface area contributed by atoms with E-state index in [9.17, 15) is 32.3 Å². The van der Waals surface area contributed by atoms with E-state index in [1.807, 2.05) is 23.8 Å². The maximum absolute atomic E-state index is 15.6. The van der Waals surface area contributed by atoms with Crippen molar-refractivity contribution in [2.45, 2.75) is 139 Å². The number of alkyl halides is 3. The van der Waals surface area contributed by atoms with E-state index in [2.05, 4.69) is 5.32 Å². The maximum atomic E-state index is 15.6. The Hall–Kier alpha value is -4.81. The molecule has 7 rings (SSSR count). The van der Waals surface area contributed by atoms with Gasteiger partial charge in [0.15, 0.2) is 0 Å². The lowest BCUT2D eigenvalue weighted by atomic mass is 9.81. The van der Waals surface area contributed by atoms with Crippen molar-refractivity contribution in [3.63, 3.8) is 0 Å². The highest BCUT2D eigenvalue weighted by molar-refractivity contribution is 7.91. The van der Waals surface area contributed by atoms with Crippen LogP contribution in [0.1, 0.15) is 98.0 Å². The van der Waals surface area contributed by atoms with Gasteiger partial charge in [-0.25, -0.2) is 26.4 Å². The molecule has 5 aliphatic rings. The number of ether oxygens (including phenoxy) is 3. The van der Waals surface area contributed by atoms with Crippen LogP contribution in [0.2, 0.25) is 0 Å². The van der Waals surface area contributed by atoms with Gasteiger partial charge >= 0.3 is 6.09 Å². The van der Waals surface area contributed by atoms with Gasteiger partial charge in [-0.1, -0.05) is 32.4 Å². The average molecular weight is 906 g/mol. The third-order valence-corrected chi connectivity index (χ3v) is 16.2. The third-order valence-electron chi connectivity index (χ3n) is 14.1. The first-order valence-electron chi connectivity index (χ1n) is 21.8. The van der Waals surface area contributed by atoms with Crippen molar-refractivity contribution in [2.75, 3.05) is 26.9 Å². The molecule has 2 aromatic rings. The van der Waals surface area contributed by atoms with E-state index in [0.29, 0.717) is 54.7 Å². The molecular formula is C44H58F3N5O10S. The van der Waals surface area contributed by atoms with Crippen molar-refractivity contribution in [3.8, 4) is 17.5 Å². The number of amides is 4. The molecule has 3 aliphatic heterocycles. The lowest BCUT2D eigenvalue weighted by molar-refractivity contribution is -0.157. The molecule has 0 radical (unpaired) electrons. The van der Waals surface area contributed by atoms with Gasteiger partial charge < -0.3 is 29.5 Å². The number of aromatic nitrogens is 1. The number of carbonyl (C=O) groups is 4. The lowest BCUT2D eigenvalue weighted by Crippen LogP contribution is -2.67. The quantitative estimate of drug-likeness (QED) is 0.227. The lowest BCUT2D eigenvalue weighted by Gasteiger charge is -2.47. The largest absolute Gasteiger partial charge is 0.497 e. The Labute approximate surface area is 365 Å². The molecule has 1 aromatic heterocycles. The van der Waals surface area contributed by atoms with E-state index in [1.165, 1.54) is 7.11 Å². The fraction of sp³-hybridized carbons (Fsp3) is 0.659. The number of benzene rings is 1. The van der Waals surface area contributed by atoms with Gasteiger partial charge in [0.25, 0.3) is 11.8 Å². The number of hydrogen-bond donors (Lipinski definition) is 3. The van der Waals surface area contributed by atoms with Crippen LogP contribution in [0.25, 0.3) is 10.8 Å². The van der Waals surface area contributed by atoms with Gasteiger partial charge in [0.1, 0.15) is 46.4 Å². The molecule has 0 unspecified atom stereocenters. The Kier molecular flexibility index (Phi) is 12.4. The van der Waals surface area contributed by atoms with Gasteiger partial charge in [0.2, 0.25) is 33.6 Å². The molecule has 19 heteroatoms. The summed E-state index contributed by atoms with van der Waals surface area (Å²) in [7, 11) is -2.95. The first-order valence-corrected chi connectivity index (χ1v) is 23.2. The minimum absolute atomic E-state index is 0.00301. The Balaban J connectivity index is 1.32. The van der Waals surface area contributed by atoms with Gasteiger partial charge in [-0.2, -0.15) is 4.98 Å². The molecule has 4 amide bonds. The van der Waals surface area contributed by atoms with Crippen molar-refractivity contribution in [3.05, 3.63) is 35.9 Å². The van der Waals surface area contributed by atoms with E-state index in [0.717, 1.165) is 36.1 Å². The van der Waals surface area contributed by atoms with Crippen LogP contribution in [0.15, 0.2) is 30.4 Å². The third kappa shape index (κ3) is 8.50. The number of hydrogen-bond acceptors (Lipinski definition) is 10. The van der Waals surface area contributed by atoms with Crippen molar-refractivity contribution >= 4 is 44.6 Å². The number of carbonyl (C=O) groups excluding carboxylic acids is 3. The van der Waals surface area contributed by atoms with Gasteiger partial charge in [-0.15, -0.1) is 0 Å². The van der Waals surface area contributed by atoms with Crippen LogP contribution < -0.4 is 24.2 Å². The smallest absolute Gasteiger partial charge is 0.408 e. The van der Waals surface area contributed by atoms with Crippen LogP contribution in [0.5, 0.6) is 17.5 Å². The predicted octanol–water partition coefficient (Wildman–Crippen LogP) is 5.92. The minimum Gasteiger partial charge on any atom is -0.497 e. The summed E-state index contributed by atoms with van der Waals surface area (Å²) in [6, 6.07) is 2.18. The van der Waals surface area contributed by atoms with E-state index >= 15 is 13.6 Å². The molecular weight excluding hydrogens is 848 g/mol. The Morgan fingerprint density at radius 1 is 1.16 bits per heavy atom. The Morgan fingerprint density at radius 3 is 2.52 bits per heavy atom. The van der Waals surface area contributed by atoms with Gasteiger partial charge in [0, 0.05) is 30.2 Å². The number of halogens is 3. The summed E-state index contributed by atoms with van der Waals surface area (Å²) in [5, 5.41) is 14.9. The van der Waals surface area contributed by atoms with E-state index in [-0.39, 0.29) is 56.9 Å². The first kappa shape index (κ1) is 46.2. The summed E-state index contributed by atoms with van der Waals surface area (Å²) < 4.78 is 90.0. The zero-order valence-electron chi connectivity index (χ0n) is 36.5. The van der Waals surface area contributed by atoms with E-state index in [1.54, 1.807) is 25.1 Å². The highest BCUT2D eigenvalue weighted by Crippen LogP contribution is 2.48. The van der Waals surface area contributed by atoms with E-state index in [4.69, 9.17) is 19.2 Å². The number of nitrogens with one attached hydrogen (secondary N) is 2. The second-order valence-electron chi connectivity index (χ2n) is 18.6. The predicted molar refractivity (Wildman–Crippen MR) is 225 cm³/mol. The zero-order chi connectivity index (χ0) is 45.9. The first-order chi connectivity index (χ1) is 29.6.